The number of aromatic nitrogens is 4. The van der Waals surface area contributed by atoms with Gasteiger partial charge in [0.25, 0.3) is 0 Å². The number of likely N-dealkylation sites (tertiary alicyclic amines) is 1. The first kappa shape index (κ1) is 15.7. The van der Waals surface area contributed by atoms with Gasteiger partial charge in [0.05, 0.1) is 22.6 Å². The molecular formula is C20H19N5S. The van der Waals surface area contributed by atoms with E-state index < -0.39 is 0 Å². The van der Waals surface area contributed by atoms with Crippen molar-refractivity contribution < 1.29 is 0 Å². The quantitative estimate of drug-likeness (QED) is 0.551. The van der Waals surface area contributed by atoms with Crippen molar-refractivity contribution in [2.24, 2.45) is 0 Å². The minimum absolute atomic E-state index is 0.455. The molecule has 1 unspecified atom stereocenters. The van der Waals surface area contributed by atoms with E-state index in [0.717, 1.165) is 41.0 Å². The van der Waals surface area contributed by atoms with Crippen molar-refractivity contribution in [2.75, 3.05) is 20.1 Å². The number of hydrogen-bond acceptors (Lipinski definition) is 5. The third-order valence-electron chi connectivity index (χ3n) is 5.03. The number of likely N-dealkylation sites (N-methyl/N-ethyl adjacent to an activating group) is 1. The second-order valence-corrected chi connectivity index (χ2v) is 7.84. The number of hydrogen-bond donors (Lipinski definition) is 0. The fourth-order valence-corrected chi connectivity index (χ4v) is 4.76. The Bertz CT molecular complexity index is 1020. The maximum Gasteiger partial charge on any atom is 0.127 e. The first-order valence-corrected chi connectivity index (χ1v) is 9.62. The lowest BCUT2D eigenvalue weighted by Gasteiger charge is -2.16. The fraction of sp³-hybridized carbons (Fsp3) is 0.250. The molecule has 0 radical (unpaired) electrons. The van der Waals surface area contributed by atoms with Crippen LogP contribution in [0.25, 0.3) is 32.0 Å². The zero-order valence-electron chi connectivity index (χ0n) is 14.5. The van der Waals surface area contributed by atoms with Gasteiger partial charge in [-0.3, -0.25) is 0 Å². The van der Waals surface area contributed by atoms with Crippen LogP contribution in [0, 0.1) is 0 Å². The molecule has 1 atom stereocenters. The summed E-state index contributed by atoms with van der Waals surface area (Å²) in [7, 11) is 2.18. The van der Waals surface area contributed by atoms with Gasteiger partial charge in [-0.15, -0.1) is 11.3 Å². The van der Waals surface area contributed by atoms with E-state index in [2.05, 4.69) is 56.8 Å². The maximum absolute atomic E-state index is 4.82. The predicted molar refractivity (Wildman–Crippen MR) is 105 cm³/mol. The van der Waals surface area contributed by atoms with Crippen molar-refractivity contribution in [2.45, 2.75) is 12.5 Å². The Labute approximate surface area is 156 Å². The van der Waals surface area contributed by atoms with E-state index >= 15 is 0 Å². The highest BCUT2D eigenvalue weighted by Crippen LogP contribution is 2.40. The minimum Gasteiger partial charge on any atom is -0.325 e. The Morgan fingerprint density at radius 2 is 2.04 bits per heavy atom. The smallest absolute Gasteiger partial charge is 0.127 e. The number of fused-ring (bicyclic) bond motifs is 1. The lowest BCUT2D eigenvalue weighted by molar-refractivity contribution is 0.393. The lowest BCUT2D eigenvalue weighted by Crippen LogP contribution is -2.16. The van der Waals surface area contributed by atoms with Crippen molar-refractivity contribution in [1.82, 2.24) is 24.4 Å². The number of imidazole rings is 1. The zero-order valence-corrected chi connectivity index (χ0v) is 15.4. The number of benzene rings is 1. The molecular weight excluding hydrogens is 342 g/mol. The van der Waals surface area contributed by atoms with E-state index in [1.54, 1.807) is 17.7 Å². The van der Waals surface area contributed by atoms with Gasteiger partial charge in [0.2, 0.25) is 0 Å². The lowest BCUT2D eigenvalue weighted by atomic mass is 10.1. The Morgan fingerprint density at radius 3 is 2.81 bits per heavy atom. The molecule has 0 amide bonds. The molecule has 1 aliphatic heterocycles. The number of rotatable bonds is 3. The van der Waals surface area contributed by atoms with Crippen LogP contribution in [0.15, 0.2) is 55.2 Å². The average Bonchev–Trinajstić information content (AvgIpc) is 3.39. The largest absolute Gasteiger partial charge is 0.325 e. The van der Waals surface area contributed by atoms with E-state index in [0.29, 0.717) is 6.04 Å². The van der Waals surface area contributed by atoms with Gasteiger partial charge in [-0.05, 0) is 26.1 Å². The summed E-state index contributed by atoms with van der Waals surface area (Å²) in [5, 5.41) is 1.09. The predicted octanol–water partition coefficient (Wildman–Crippen LogP) is 4.10. The summed E-state index contributed by atoms with van der Waals surface area (Å²) in [6.07, 6.45) is 6.66. The van der Waals surface area contributed by atoms with Crippen LogP contribution in [-0.4, -0.2) is 44.6 Å². The molecule has 1 saturated heterocycles. The molecule has 3 aromatic heterocycles. The highest BCUT2D eigenvalue weighted by Gasteiger charge is 2.26. The zero-order chi connectivity index (χ0) is 17.5. The molecule has 0 saturated carbocycles. The monoisotopic (exact) mass is 361 g/mol. The molecule has 0 spiro atoms. The summed E-state index contributed by atoms with van der Waals surface area (Å²) in [5.41, 5.74) is 3.38. The summed E-state index contributed by atoms with van der Waals surface area (Å²) in [6.45, 7) is 2.18. The molecule has 130 valence electrons. The minimum atomic E-state index is 0.455. The van der Waals surface area contributed by atoms with Crippen LogP contribution in [-0.2, 0) is 0 Å². The molecule has 0 aliphatic carbocycles. The first-order chi connectivity index (χ1) is 12.8. The molecule has 0 N–H and O–H groups in total. The van der Waals surface area contributed by atoms with Gasteiger partial charge < -0.3 is 9.47 Å². The topological polar surface area (TPSA) is 46.8 Å². The molecule has 4 heterocycles. The Hall–Kier alpha value is -2.57. The van der Waals surface area contributed by atoms with Crippen molar-refractivity contribution in [3.05, 3.63) is 55.2 Å². The van der Waals surface area contributed by atoms with Gasteiger partial charge in [0, 0.05) is 29.7 Å². The van der Waals surface area contributed by atoms with Gasteiger partial charge in [-0.2, -0.15) is 0 Å². The highest BCUT2D eigenvalue weighted by atomic mass is 32.1. The number of nitrogens with zero attached hydrogens (tertiary/aromatic N) is 5. The van der Waals surface area contributed by atoms with E-state index in [1.807, 2.05) is 18.6 Å². The Kier molecular flexibility index (Phi) is 3.80. The second kappa shape index (κ2) is 6.30. The standard InChI is InChI=1S/C20H19N5S/c1-24-8-7-16(11-24)25-13-23-18(14-5-3-2-4-6-14)19(25)17-9-15-10-21-12-22-20(15)26-17/h2-6,9-10,12-13,16H,7-8,11H2,1H3. The molecule has 1 aliphatic rings. The van der Waals surface area contributed by atoms with Crippen LogP contribution in [0.3, 0.4) is 0 Å². The number of thiophene rings is 1. The summed E-state index contributed by atoms with van der Waals surface area (Å²) in [4.78, 5) is 18.0. The van der Waals surface area contributed by atoms with Crippen molar-refractivity contribution in [1.29, 1.82) is 0 Å². The molecule has 26 heavy (non-hydrogen) atoms. The second-order valence-electron chi connectivity index (χ2n) is 6.81. The van der Waals surface area contributed by atoms with Crippen LogP contribution in [0.5, 0.6) is 0 Å². The van der Waals surface area contributed by atoms with Crippen LogP contribution in [0.4, 0.5) is 0 Å². The average molecular weight is 361 g/mol. The van der Waals surface area contributed by atoms with Crippen LogP contribution >= 0.6 is 11.3 Å². The first-order valence-electron chi connectivity index (χ1n) is 8.80. The molecule has 4 aromatic rings. The molecule has 0 bridgehead atoms. The normalized spacial score (nSPS) is 18.0. The van der Waals surface area contributed by atoms with Crippen molar-refractivity contribution in [3.63, 3.8) is 0 Å². The summed E-state index contributed by atoms with van der Waals surface area (Å²) in [6, 6.07) is 13.1. The SMILES string of the molecule is CN1CCC(n2cnc(-c3ccccc3)c2-c2cc3cncnc3s2)C1. The fourth-order valence-electron chi connectivity index (χ4n) is 3.73. The summed E-state index contributed by atoms with van der Waals surface area (Å²) < 4.78 is 2.37. The summed E-state index contributed by atoms with van der Waals surface area (Å²) in [5.74, 6) is 0. The van der Waals surface area contributed by atoms with Crippen LogP contribution < -0.4 is 0 Å². The van der Waals surface area contributed by atoms with Gasteiger partial charge in [-0.1, -0.05) is 30.3 Å². The van der Waals surface area contributed by atoms with Crippen molar-refractivity contribution >= 4 is 21.6 Å². The van der Waals surface area contributed by atoms with E-state index in [4.69, 9.17) is 4.98 Å². The Morgan fingerprint density at radius 1 is 1.15 bits per heavy atom. The Balaban J connectivity index is 1.71. The van der Waals surface area contributed by atoms with Gasteiger partial charge in [0.15, 0.2) is 0 Å². The molecule has 5 nitrogen and oxygen atoms in total. The maximum atomic E-state index is 4.82. The molecule has 1 fully saturated rings. The van der Waals surface area contributed by atoms with E-state index in [-0.39, 0.29) is 0 Å². The molecule has 5 rings (SSSR count). The highest BCUT2D eigenvalue weighted by molar-refractivity contribution is 7.21. The third kappa shape index (κ3) is 2.62. The molecule has 6 heteroatoms. The third-order valence-corrected chi connectivity index (χ3v) is 6.10. The van der Waals surface area contributed by atoms with E-state index in [9.17, 15) is 0 Å². The van der Waals surface area contributed by atoms with Gasteiger partial charge in [-0.25, -0.2) is 15.0 Å². The van der Waals surface area contributed by atoms with Crippen LogP contribution in [0.1, 0.15) is 12.5 Å². The summed E-state index contributed by atoms with van der Waals surface area (Å²) >= 11 is 1.71. The van der Waals surface area contributed by atoms with Crippen LogP contribution in [0.2, 0.25) is 0 Å². The van der Waals surface area contributed by atoms with Gasteiger partial charge >= 0.3 is 0 Å². The van der Waals surface area contributed by atoms with Gasteiger partial charge in [0.1, 0.15) is 11.2 Å². The molecule has 1 aromatic carbocycles. The van der Waals surface area contributed by atoms with E-state index in [1.165, 1.54) is 10.6 Å². The van der Waals surface area contributed by atoms with Crippen molar-refractivity contribution in [3.8, 4) is 21.8 Å².